The SMILES string of the molecule is Nc1csc2cc(CBr)c(I)cc12. The molecule has 0 aliphatic heterocycles. The summed E-state index contributed by atoms with van der Waals surface area (Å²) >= 11 is 7.51. The molecule has 0 bridgehead atoms. The maximum Gasteiger partial charge on any atom is 0.0503 e. The first-order valence-corrected chi connectivity index (χ1v) is 6.81. The second-order valence-corrected chi connectivity index (χ2v) is 5.40. The minimum Gasteiger partial charge on any atom is -0.398 e. The lowest BCUT2D eigenvalue weighted by Crippen LogP contribution is -1.85. The molecule has 2 rings (SSSR count). The highest BCUT2D eigenvalue weighted by atomic mass is 127. The molecule has 4 heteroatoms. The molecule has 1 heterocycles. The zero-order valence-electron chi connectivity index (χ0n) is 6.68. The Morgan fingerprint density at radius 2 is 2.23 bits per heavy atom. The Labute approximate surface area is 103 Å². The molecule has 1 aromatic heterocycles. The van der Waals surface area contributed by atoms with E-state index < -0.39 is 0 Å². The predicted molar refractivity (Wildman–Crippen MR) is 71.6 cm³/mol. The largest absolute Gasteiger partial charge is 0.398 e. The number of hydrogen-bond acceptors (Lipinski definition) is 2. The van der Waals surface area contributed by atoms with Crippen molar-refractivity contribution in [1.29, 1.82) is 0 Å². The third-order valence-electron chi connectivity index (χ3n) is 1.92. The van der Waals surface area contributed by atoms with E-state index in [0.29, 0.717) is 0 Å². The van der Waals surface area contributed by atoms with Crippen molar-refractivity contribution in [1.82, 2.24) is 0 Å². The number of nitrogens with two attached hydrogens (primary N) is 1. The van der Waals surface area contributed by atoms with Crippen LogP contribution in [0.25, 0.3) is 10.1 Å². The minimum atomic E-state index is 0.888. The van der Waals surface area contributed by atoms with Crippen molar-refractivity contribution in [3.8, 4) is 0 Å². The van der Waals surface area contributed by atoms with Crippen molar-refractivity contribution in [2.24, 2.45) is 0 Å². The topological polar surface area (TPSA) is 26.0 Å². The van der Waals surface area contributed by atoms with E-state index in [4.69, 9.17) is 5.73 Å². The molecular formula is C9H7BrINS. The van der Waals surface area contributed by atoms with Crippen LogP contribution in [0, 0.1) is 3.57 Å². The molecule has 0 amide bonds. The smallest absolute Gasteiger partial charge is 0.0503 e. The van der Waals surface area contributed by atoms with E-state index in [9.17, 15) is 0 Å². The van der Waals surface area contributed by atoms with Gasteiger partial charge in [-0.05, 0) is 40.3 Å². The fraction of sp³-hybridized carbons (Fsp3) is 0.111. The van der Waals surface area contributed by atoms with Crippen LogP contribution in [-0.4, -0.2) is 0 Å². The van der Waals surface area contributed by atoms with E-state index >= 15 is 0 Å². The van der Waals surface area contributed by atoms with Gasteiger partial charge in [-0.15, -0.1) is 11.3 Å². The Morgan fingerprint density at radius 1 is 1.46 bits per heavy atom. The summed E-state index contributed by atoms with van der Waals surface area (Å²) in [6.45, 7) is 0. The molecule has 0 saturated carbocycles. The monoisotopic (exact) mass is 367 g/mol. The van der Waals surface area contributed by atoms with Crippen LogP contribution in [0.3, 0.4) is 0 Å². The van der Waals surface area contributed by atoms with Crippen molar-refractivity contribution in [3.05, 3.63) is 26.6 Å². The first kappa shape index (κ1) is 9.73. The maximum absolute atomic E-state index is 5.83. The van der Waals surface area contributed by atoms with Crippen LogP contribution < -0.4 is 5.73 Å². The quantitative estimate of drug-likeness (QED) is 0.598. The lowest BCUT2D eigenvalue weighted by molar-refractivity contribution is 1.43. The van der Waals surface area contributed by atoms with Crippen LogP contribution >= 0.6 is 49.9 Å². The Bertz CT molecular complexity index is 452. The molecule has 13 heavy (non-hydrogen) atoms. The van der Waals surface area contributed by atoms with Crippen molar-refractivity contribution in [2.75, 3.05) is 5.73 Å². The van der Waals surface area contributed by atoms with Gasteiger partial charge in [0.05, 0.1) is 5.69 Å². The number of hydrogen-bond donors (Lipinski definition) is 1. The van der Waals surface area contributed by atoms with Crippen LogP contribution in [-0.2, 0) is 5.33 Å². The lowest BCUT2D eigenvalue weighted by Gasteiger charge is -2.00. The van der Waals surface area contributed by atoms with Crippen molar-refractivity contribution >= 4 is 65.6 Å². The summed E-state index contributed by atoms with van der Waals surface area (Å²) in [4.78, 5) is 0. The third-order valence-corrected chi connectivity index (χ3v) is 4.49. The van der Waals surface area contributed by atoms with Gasteiger partial charge >= 0.3 is 0 Å². The molecule has 0 spiro atoms. The average Bonchev–Trinajstić information content (AvgIpc) is 2.47. The van der Waals surface area contributed by atoms with Gasteiger partial charge in [-0.3, -0.25) is 0 Å². The molecule has 1 aromatic carbocycles. The summed E-state index contributed by atoms with van der Waals surface area (Å²) in [7, 11) is 0. The number of rotatable bonds is 1. The third kappa shape index (κ3) is 1.71. The molecule has 0 fully saturated rings. The summed E-state index contributed by atoms with van der Waals surface area (Å²) in [5, 5.41) is 4.08. The first-order valence-electron chi connectivity index (χ1n) is 3.73. The maximum atomic E-state index is 5.83. The van der Waals surface area contributed by atoms with Gasteiger partial charge in [0.1, 0.15) is 0 Å². The van der Waals surface area contributed by atoms with Crippen molar-refractivity contribution in [2.45, 2.75) is 5.33 Å². The van der Waals surface area contributed by atoms with Crippen LogP contribution in [0.2, 0.25) is 0 Å². The van der Waals surface area contributed by atoms with Gasteiger partial charge in [-0.1, -0.05) is 15.9 Å². The summed E-state index contributed by atoms with van der Waals surface area (Å²) in [6, 6.07) is 4.35. The molecule has 0 saturated heterocycles. The fourth-order valence-electron chi connectivity index (χ4n) is 1.21. The van der Waals surface area contributed by atoms with Crippen molar-refractivity contribution in [3.63, 3.8) is 0 Å². The van der Waals surface area contributed by atoms with E-state index in [0.717, 1.165) is 11.0 Å². The predicted octanol–water partition coefficient (Wildman–Crippen LogP) is 3.98. The van der Waals surface area contributed by atoms with Crippen LogP contribution in [0.1, 0.15) is 5.56 Å². The lowest BCUT2D eigenvalue weighted by atomic mass is 10.2. The van der Waals surface area contributed by atoms with Crippen molar-refractivity contribution < 1.29 is 0 Å². The van der Waals surface area contributed by atoms with Crippen LogP contribution in [0.5, 0.6) is 0 Å². The Kier molecular flexibility index (Phi) is 2.80. The van der Waals surface area contributed by atoms with Gasteiger partial charge in [0.2, 0.25) is 0 Å². The molecule has 2 N–H and O–H groups in total. The molecule has 0 radical (unpaired) electrons. The van der Waals surface area contributed by atoms with E-state index in [2.05, 4.69) is 50.7 Å². The number of fused-ring (bicyclic) bond motifs is 1. The molecular weight excluding hydrogens is 361 g/mol. The van der Waals surface area contributed by atoms with Gasteiger partial charge in [-0.2, -0.15) is 0 Å². The van der Waals surface area contributed by atoms with Gasteiger partial charge in [0, 0.05) is 24.4 Å². The highest BCUT2D eigenvalue weighted by Crippen LogP contribution is 2.31. The number of thiophene rings is 1. The number of alkyl halides is 1. The Morgan fingerprint density at radius 3 is 2.92 bits per heavy atom. The standard InChI is InChI=1S/C9H7BrINS/c10-3-5-1-9-6(2-7(5)11)8(12)4-13-9/h1-2,4H,3,12H2. The van der Waals surface area contributed by atoms with Gasteiger partial charge in [0.25, 0.3) is 0 Å². The first-order chi connectivity index (χ1) is 6.22. The Balaban J connectivity index is 2.76. The zero-order chi connectivity index (χ0) is 9.42. The van der Waals surface area contributed by atoms with Crippen LogP contribution in [0.4, 0.5) is 5.69 Å². The molecule has 0 unspecified atom stereocenters. The number of nitrogen functional groups attached to an aromatic ring is 1. The number of halogens is 2. The zero-order valence-corrected chi connectivity index (χ0v) is 11.2. The second kappa shape index (κ2) is 3.74. The summed E-state index contributed by atoms with van der Waals surface area (Å²) < 4.78 is 2.54. The summed E-state index contributed by atoms with van der Waals surface area (Å²) in [6.07, 6.45) is 0. The van der Waals surface area contributed by atoms with Crippen LogP contribution in [0.15, 0.2) is 17.5 Å². The van der Waals surface area contributed by atoms with E-state index in [1.807, 2.05) is 5.38 Å². The van der Waals surface area contributed by atoms with E-state index in [-0.39, 0.29) is 0 Å². The minimum absolute atomic E-state index is 0.888. The van der Waals surface area contributed by atoms with E-state index in [1.165, 1.54) is 19.2 Å². The molecule has 0 atom stereocenters. The molecule has 68 valence electrons. The molecule has 0 aliphatic rings. The molecule has 1 nitrogen and oxygen atoms in total. The highest BCUT2D eigenvalue weighted by molar-refractivity contribution is 14.1. The van der Waals surface area contributed by atoms with Gasteiger partial charge < -0.3 is 5.73 Å². The average molecular weight is 368 g/mol. The molecule has 2 aromatic rings. The summed E-state index contributed by atoms with van der Waals surface area (Å²) in [5.41, 5.74) is 8.05. The fourth-order valence-corrected chi connectivity index (χ4v) is 3.75. The normalized spacial score (nSPS) is 10.9. The second-order valence-electron chi connectivity index (χ2n) is 2.76. The highest BCUT2D eigenvalue weighted by Gasteiger charge is 2.05. The number of anilines is 1. The Hall–Kier alpha value is 0.190. The molecule has 0 aliphatic carbocycles. The van der Waals surface area contributed by atoms with Gasteiger partial charge in [-0.25, -0.2) is 0 Å². The van der Waals surface area contributed by atoms with E-state index in [1.54, 1.807) is 11.3 Å². The number of benzene rings is 1. The summed E-state index contributed by atoms with van der Waals surface area (Å²) in [5.74, 6) is 0. The van der Waals surface area contributed by atoms with Gasteiger partial charge in [0.15, 0.2) is 0 Å².